The molecule has 2 N–H and O–H groups in total. The van der Waals surface area contributed by atoms with Crippen molar-refractivity contribution in [2.75, 3.05) is 26.7 Å². The summed E-state index contributed by atoms with van der Waals surface area (Å²) in [5, 5.41) is 4.68. The number of hydrogen-bond donors (Lipinski definition) is 2. The van der Waals surface area contributed by atoms with Crippen molar-refractivity contribution >= 4 is 22.8 Å². The molecule has 1 aromatic heterocycles. The third-order valence-corrected chi connectivity index (χ3v) is 9.73. The molecule has 0 spiro atoms. The van der Waals surface area contributed by atoms with Gasteiger partial charge in [0.2, 0.25) is 5.91 Å². The number of benzene rings is 2. The van der Waals surface area contributed by atoms with E-state index in [0.29, 0.717) is 19.6 Å². The van der Waals surface area contributed by atoms with Gasteiger partial charge < -0.3 is 24.8 Å². The van der Waals surface area contributed by atoms with E-state index < -0.39 is 0 Å². The number of fused-ring (bicyclic) bond motifs is 1. The normalized spacial score (nSPS) is 24.4. The Morgan fingerprint density at radius 3 is 2.29 bits per heavy atom. The Kier molecular flexibility index (Phi) is 7.96. The van der Waals surface area contributed by atoms with Crippen LogP contribution in [0, 0.1) is 17.8 Å². The third-order valence-electron chi connectivity index (χ3n) is 9.73. The van der Waals surface area contributed by atoms with Crippen LogP contribution in [0.15, 0.2) is 54.7 Å². The molecule has 4 saturated carbocycles. The summed E-state index contributed by atoms with van der Waals surface area (Å²) >= 11 is 0. The molecule has 0 unspecified atom stereocenters. The predicted molar refractivity (Wildman–Crippen MR) is 162 cm³/mol. The van der Waals surface area contributed by atoms with Gasteiger partial charge in [-0.3, -0.25) is 4.79 Å². The molecule has 7 rings (SSSR count). The van der Waals surface area contributed by atoms with E-state index in [9.17, 15) is 9.59 Å². The van der Waals surface area contributed by atoms with Crippen molar-refractivity contribution in [2.45, 2.75) is 70.4 Å². The van der Waals surface area contributed by atoms with Gasteiger partial charge >= 0.3 is 6.03 Å². The minimum absolute atomic E-state index is 0.0187. The minimum Gasteiger partial charge on any atom is -0.497 e. The second-order valence-electron chi connectivity index (χ2n) is 12.8. The fraction of sp³-hybridized carbons (Fsp3) is 0.529. The molecule has 0 atom stereocenters. The van der Waals surface area contributed by atoms with Gasteiger partial charge in [0.05, 0.1) is 7.11 Å². The lowest BCUT2D eigenvalue weighted by Crippen LogP contribution is -2.62. The van der Waals surface area contributed by atoms with Crippen molar-refractivity contribution in [1.82, 2.24) is 20.1 Å². The predicted octanol–water partition coefficient (Wildman–Crippen LogP) is 6.14. The molecule has 3 amide bonds. The van der Waals surface area contributed by atoms with Crippen LogP contribution in [0.25, 0.3) is 10.9 Å². The smallest absolute Gasteiger partial charge is 0.318 e. The molecule has 2 aromatic carbocycles. The Morgan fingerprint density at radius 2 is 1.63 bits per heavy atom. The maximum atomic E-state index is 13.9. The average Bonchev–Trinajstić information content (AvgIpc) is 3.37. The first-order valence-electron chi connectivity index (χ1n) is 15.5. The Balaban J connectivity index is 1.16. The highest BCUT2D eigenvalue weighted by molar-refractivity contribution is 5.85. The van der Waals surface area contributed by atoms with Gasteiger partial charge in [-0.25, -0.2) is 4.79 Å². The van der Waals surface area contributed by atoms with Crippen molar-refractivity contribution in [3.8, 4) is 5.75 Å². The fourth-order valence-electron chi connectivity index (χ4n) is 8.19. The van der Waals surface area contributed by atoms with E-state index in [1.807, 2.05) is 47.5 Å². The Hall–Kier alpha value is -3.48. The molecule has 218 valence electrons. The van der Waals surface area contributed by atoms with Crippen LogP contribution in [-0.2, 0) is 17.8 Å². The number of nitrogens with zero attached hydrogens (tertiary/aromatic N) is 2. The van der Waals surface area contributed by atoms with E-state index in [0.717, 1.165) is 66.7 Å². The summed E-state index contributed by atoms with van der Waals surface area (Å²) in [4.78, 5) is 34.7. The zero-order chi connectivity index (χ0) is 28.4. The van der Waals surface area contributed by atoms with Crippen LogP contribution < -0.4 is 10.1 Å². The number of carbonyl (C=O) groups is 2. The lowest BCUT2D eigenvalue weighted by atomic mass is 9.53. The second-order valence-corrected chi connectivity index (χ2v) is 12.8. The highest BCUT2D eigenvalue weighted by Crippen LogP contribution is 2.55. The van der Waals surface area contributed by atoms with Crippen LogP contribution in [0.3, 0.4) is 0 Å². The van der Waals surface area contributed by atoms with Gasteiger partial charge in [-0.1, -0.05) is 37.3 Å². The van der Waals surface area contributed by atoms with E-state index in [1.165, 1.54) is 30.2 Å². The van der Waals surface area contributed by atoms with Crippen molar-refractivity contribution in [1.29, 1.82) is 0 Å². The second kappa shape index (κ2) is 11.8. The first-order chi connectivity index (χ1) is 19.9. The summed E-state index contributed by atoms with van der Waals surface area (Å²) < 4.78 is 5.33. The largest absolute Gasteiger partial charge is 0.497 e. The van der Waals surface area contributed by atoms with E-state index >= 15 is 0 Å². The molecule has 41 heavy (non-hydrogen) atoms. The summed E-state index contributed by atoms with van der Waals surface area (Å²) in [6.07, 6.45) is 10.9. The topological polar surface area (TPSA) is 77.7 Å². The first-order valence-corrected chi connectivity index (χ1v) is 15.5. The van der Waals surface area contributed by atoms with E-state index in [-0.39, 0.29) is 24.0 Å². The van der Waals surface area contributed by atoms with Gasteiger partial charge in [-0.15, -0.1) is 0 Å². The molecule has 0 aliphatic heterocycles. The summed E-state index contributed by atoms with van der Waals surface area (Å²) in [5.74, 6) is 3.04. The number of carbonyl (C=O) groups excluding carboxylic acids is 2. The zero-order valence-corrected chi connectivity index (χ0v) is 24.5. The fourth-order valence-corrected chi connectivity index (χ4v) is 8.19. The molecule has 7 nitrogen and oxygen atoms in total. The van der Waals surface area contributed by atoms with Crippen LogP contribution in [0.2, 0.25) is 0 Å². The Bertz CT molecular complexity index is 1330. The van der Waals surface area contributed by atoms with Crippen molar-refractivity contribution < 1.29 is 14.3 Å². The van der Waals surface area contributed by atoms with Gasteiger partial charge in [0.15, 0.2) is 0 Å². The van der Waals surface area contributed by atoms with Crippen LogP contribution in [0.1, 0.15) is 63.0 Å². The van der Waals surface area contributed by atoms with Gasteiger partial charge in [0.1, 0.15) is 12.3 Å². The molecule has 0 radical (unpaired) electrons. The first kappa shape index (κ1) is 27.7. The minimum atomic E-state index is -0.0704. The monoisotopic (exact) mass is 556 g/mol. The van der Waals surface area contributed by atoms with Gasteiger partial charge in [-0.05, 0) is 98.4 Å². The number of hydrogen-bond acceptors (Lipinski definition) is 3. The molecule has 4 aliphatic rings. The van der Waals surface area contributed by atoms with E-state index in [2.05, 4.69) is 29.4 Å². The zero-order valence-electron chi connectivity index (χ0n) is 24.5. The van der Waals surface area contributed by atoms with Gasteiger partial charge in [0.25, 0.3) is 0 Å². The lowest BCUT2D eigenvalue weighted by Gasteiger charge is -2.57. The number of aromatic amines is 1. The molecule has 7 heteroatoms. The number of para-hydroxylation sites is 1. The molecular formula is C34H44N4O3. The van der Waals surface area contributed by atoms with Crippen LogP contribution >= 0.6 is 0 Å². The molecule has 3 aromatic rings. The summed E-state index contributed by atoms with van der Waals surface area (Å²) in [7, 11) is 1.66. The Labute approximate surface area is 243 Å². The average molecular weight is 557 g/mol. The highest BCUT2D eigenvalue weighted by atomic mass is 16.5. The highest BCUT2D eigenvalue weighted by Gasteiger charge is 2.51. The molecule has 4 aliphatic carbocycles. The van der Waals surface area contributed by atoms with Crippen molar-refractivity contribution in [3.63, 3.8) is 0 Å². The molecular weight excluding hydrogens is 512 g/mol. The van der Waals surface area contributed by atoms with Crippen LogP contribution in [-0.4, -0.2) is 59.0 Å². The number of ether oxygens (including phenoxy) is 1. The van der Waals surface area contributed by atoms with Crippen LogP contribution in [0.5, 0.6) is 5.75 Å². The summed E-state index contributed by atoms with van der Waals surface area (Å²) in [5.41, 5.74) is 3.26. The quantitative estimate of drug-likeness (QED) is 0.298. The summed E-state index contributed by atoms with van der Waals surface area (Å²) in [6, 6.07) is 16.1. The maximum Gasteiger partial charge on any atom is 0.318 e. The van der Waals surface area contributed by atoms with Gasteiger partial charge in [-0.2, -0.15) is 0 Å². The van der Waals surface area contributed by atoms with E-state index in [1.54, 1.807) is 12.0 Å². The van der Waals surface area contributed by atoms with E-state index in [4.69, 9.17) is 4.74 Å². The molecule has 0 saturated heterocycles. The number of H-pyrrole nitrogens is 1. The number of aromatic nitrogens is 1. The molecule has 4 bridgehead atoms. The Morgan fingerprint density at radius 1 is 0.951 bits per heavy atom. The maximum absolute atomic E-state index is 13.9. The number of nitrogens with one attached hydrogen (secondary N) is 2. The van der Waals surface area contributed by atoms with Crippen molar-refractivity contribution in [3.05, 3.63) is 65.9 Å². The standard InChI is InChI=1S/C34H44N4O3/c1-3-13-38(33(40)36-34-18-25-15-26(19-34)17-27(16-25)20-34)23-32(39)37(22-24-8-10-29(41-2)11-9-24)14-12-28-21-35-31-7-5-4-6-30(28)31/h4-11,21,25-27,35H,3,12-20,22-23H2,1-2H3,(H,36,40). The molecule has 1 heterocycles. The number of methoxy groups -OCH3 is 1. The number of amides is 3. The van der Waals surface area contributed by atoms with Gasteiger partial charge in [0, 0.05) is 42.3 Å². The third kappa shape index (κ3) is 6.09. The lowest BCUT2D eigenvalue weighted by molar-refractivity contribution is -0.132. The number of rotatable bonds is 11. The van der Waals surface area contributed by atoms with Crippen LogP contribution in [0.4, 0.5) is 4.79 Å². The molecule has 4 fully saturated rings. The number of urea groups is 1. The SMILES string of the molecule is CCCN(CC(=O)N(CCc1c[nH]c2ccccc12)Cc1ccc(OC)cc1)C(=O)NC12CC3CC(CC(C3)C1)C2. The summed E-state index contributed by atoms with van der Waals surface area (Å²) in [6.45, 7) is 3.80. The van der Waals surface area contributed by atoms with Crippen molar-refractivity contribution in [2.24, 2.45) is 17.8 Å².